The minimum absolute atomic E-state index is 0.194. The normalized spacial score (nSPS) is 14.5. The van der Waals surface area contributed by atoms with E-state index >= 15 is 0 Å². The van der Waals surface area contributed by atoms with Crippen LogP contribution < -0.4 is 0 Å². The Labute approximate surface area is 225 Å². The maximum atomic E-state index is 5.22. The summed E-state index contributed by atoms with van der Waals surface area (Å²) in [4.78, 5) is 14.8. The first-order valence-electron chi connectivity index (χ1n) is 11.1. The first kappa shape index (κ1) is 26.0. The fourth-order valence-corrected chi connectivity index (χ4v) is 4.91. The molecule has 7 heteroatoms. The van der Waals surface area contributed by atoms with Gasteiger partial charge in [0.2, 0.25) is 0 Å². The number of rotatable bonds is 6. The summed E-state index contributed by atoms with van der Waals surface area (Å²) in [7, 11) is 13.7. The summed E-state index contributed by atoms with van der Waals surface area (Å²) in [5, 5.41) is 2.49. The second-order valence-corrected chi connectivity index (χ2v) is 11.1. The van der Waals surface area contributed by atoms with Crippen LogP contribution in [0.15, 0.2) is 111 Å². The van der Waals surface area contributed by atoms with Gasteiger partial charge in [0.15, 0.2) is 0 Å². The van der Waals surface area contributed by atoms with Crippen molar-refractivity contribution in [1.29, 1.82) is 0 Å². The van der Waals surface area contributed by atoms with Gasteiger partial charge < -0.3 is 4.90 Å². The number of nitrogens with zero attached hydrogens (tertiary/aromatic N) is 3. The van der Waals surface area contributed by atoms with Gasteiger partial charge >= 0.3 is 33.3 Å². The zero-order valence-electron chi connectivity index (χ0n) is 19.4. The summed E-state index contributed by atoms with van der Waals surface area (Å²) in [5.74, 6) is 0. The summed E-state index contributed by atoms with van der Waals surface area (Å²) < 4.78 is 0. The van der Waals surface area contributed by atoms with Crippen LogP contribution in [0.25, 0.3) is 10.8 Å². The van der Waals surface area contributed by atoms with Crippen molar-refractivity contribution in [2.24, 2.45) is 9.98 Å². The number of hydrogen-bond donors (Lipinski definition) is 0. The van der Waals surface area contributed by atoms with E-state index in [-0.39, 0.29) is 13.1 Å². The van der Waals surface area contributed by atoms with Crippen molar-refractivity contribution < 1.29 is 13.1 Å². The van der Waals surface area contributed by atoms with E-state index < -0.39 is 0 Å². The van der Waals surface area contributed by atoms with E-state index in [1.54, 1.807) is 11.8 Å². The summed E-state index contributed by atoms with van der Waals surface area (Å²) in [5.41, 5.74) is 5.29. The number of likely N-dealkylation sites (N-methyl/N-ethyl adjacent to an activating group) is 1. The molecule has 1 aliphatic carbocycles. The molecule has 1 aliphatic rings. The molecule has 4 aromatic rings. The summed E-state index contributed by atoms with van der Waals surface area (Å²) in [6.07, 6.45) is 0. The van der Waals surface area contributed by atoms with Gasteiger partial charge in [-0.25, -0.2) is 4.99 Å². The molecule has 0 saturated heterocycles. The Kier molecular flexibility index (Phi) is 9.44. The Morgan fingerprint density at radius 1 is 0.771 bits per heavy atom. The van der Waals surface area contributed by atoms with Crippen LogP contribution in [0.4, 0.5) is 5.69 Å². The number of para-hydroxylation sites is 1. The van der Waals surface area contributed by atoms with Crippen molar-refractivity contribution in [3.05, 3.63) is 102 Å². The van der Waals surface area contributed by atoms with Crippen molar-refractivity contribution >= 4 is 59.8 Å². The van der Waals surface area contributed by atoms with Crippen LogP contribution in [-0.2, 0) is 13.1 Å². The van der Waals surface area contributed by atoms with Gasteiger partial charge in [0.05, 0.1) is 23.7 Å². The second-order valence-electron chi connectivity index (χ2n) is 8.14. The van der Waals surface area contributed by atoms with Crippen LogP contribution >= 0.6 is 32.0 Å². The Balaban J connectivity index is 0.000000917. The van der Waals surface area contributed by atoms with E-state index in [0.29, 0.717) is 0 Å². The van der Waals surface area contributed by atoms with Gasteiger partial charge in [-0.3, -0.25) is 4.99 Å². The van der Waals surface area contributed by atoms with Crippen molar-refractivity contribution in [1.82, 2.24) is 4.90 Å². The zero-order chi connectivity index (χ0) is 24.6. The molecule has 0 N–H and O–H groups in total. The Morgan fingerprint density at radius 3 is 2.09 bits per heavy atom. The molecule has 35 heavy (non-hydrogen) atoms. The Morgan fingerprint density at radius 2 is 1.40 bits per heavy atom. The van der Waals surface area contributed by atoms with Gasteiger partial charge in [-0.05, 0) is 43.7 Å². The van der Waals surface area contributed by atoms with Crippen molar-refractivity contribution in [3.63, 3.8) is 0 Å². The second kappa shape index (κ2) is 12.7. The van der Waals surface area contributed by atoms with Crippen molar-refractivity contribution in [2.75, 3.05) is 27.2 Å². The molecule has 179 valence electrons. The standard InChI is InChI=1S/C28H25N3S.2ClH.Fe/c1-31(2)19-18-29-27-22-14-8-10-20-11-9-15-23(26(20)22)28(27)30-24-16-6-7-17-25(24)32-21-12-4-3-5-13-21;;;/h3-17H,18-19H2,1-2H3;2*1H;/q;;;+3/p-2. The molecule has 0 bridgehead atoms. The SMILES string of the molecule is CN(C)CCN=C1C(=Nc2ccccc2Sc2ccccc2)c2cccc3cccc1c23.[Cl][Fe+][Cl]. The number of benzene rings is 4. The number of aliphatic imine (C=N–C) groups is 2. The summed E-state index contributed by atoms with van der Waals surface area (Å²) in [6, 6.07) is 31.7. The van der Waals surface area contributed by atoms with E-state index in [4.69, 9.17) is 30.2 Å². The molecule has 5 rings (SSSR count). The maximum absolute atomic E-state index is 5.22. The summed E-state index contributed by atoms with van der Waals surface area (Å²) >= 11 is 1.94. The van der Waals surface area contributed by atoms with Gasteiger partial charge in [-0.1, -0.05) is 78.5 Å². The zero-order valence-corrected chi connectivity index (χ0v) is 22.9. The minimum atomic E-state index is 0.194. The first-order chi connectivity index (χ1) is 17.1. The van der Waals surface area contributed by atoms with Gasteiger partial charge in [0.1, 0.15) is 0 Å². The molecule has 0 aliphatic heterocycles. The number of hydrogen-bond acceptors (Lipinski definition) is 4. The van der Waals surface area contributed by atoms with Crippen molar-refractivity contribution in [2.45, 2.75) is 9.79 Å². The van der Waals surface area contributed by atoms with Crippen LogP contribution in [0.1, 0.15) is 11.1 Å². The molecule has 0 fully saturated rings. The molecular weight excluding hydrogens is 537 g/mol. The topological polar surface area (TPSA) is 28.0 Å². The average Bonchev–Trinajstić information content (AvgIpc) is 3.16. The third-order valence-electron chi connectivity index (χ3n) is 5.52. The van der Waals surface area contributed by atoms with E-state index in [0.717, 1.165) is 35.1 Å². The first-order valence-corrected chi connectivity index (χ1v) is 15.0. The average molecular weight is 562 g/mol. The quantitative estimate of drug-likeness (QED) is 0.224. The van der Waals surface area contributed by atoms with Crippen LogP contribution in [0.5, 0.6) is 0 Å². The van der Waals surface area contributed by atoms with E-state index in [2.05, 4.69) is 104 Å². The summed E-state index contributed by atoms with van der Waals surface area (Å²) in [6.45, 7) is 1.65. The van der Waals surface area contributed by atoms with Gasteiger partial charge in [0, 0.05) is 32.8 Å². The molecule has 0 radical (unpaired) electrons. The molecule has 0 spiro atoms. The van der Waals surface area contributed by atoms with Gasteiger partial charge in [-0.15, -0.1) is 0 Å². The predicted octanol–water partition coefficient (Wildman–Crippen LogP) is 7.85. The molecule has 0 unspecified atom stereocenters. The van der Waals surface area contributed by atoms with E-state index in [1.807, 2.05) is 6.07 Å². The Bertz CT molecular complexity index is 1350. The fraction of sp³-hybridized carbons (Fsp3) is 0.143. The van der Waals surface area contributed by atoms with Crippen LogP contribution in [0.3, 0.4) is 0 Å². The van der Waals surface area contributed by atoms with E-state index in [1.165, 1.54) is 26.8 Å². The Hall–Kier alpha value is -2.11. The van der Waals surface area contributed by atoms with Gasteiger partial charge in [0.25, 0.3) is 0 Å². The molecule has 0 saturated carbocycles. The molecule has 0 aromatic heterocycles. The third kappa shape index (κ3) is 6.37. The molecule has 0 amide bonds. The fourth-order valence-electron chi connectivity index (χ4n) is 4.00. The van der Waals surface area contributed by atoms with Crippen LogP contribution in [0, 0.1) is 0 Å². The molecule has 4 aromatic carbocycles. The van der Waals surface area contributed by atoms with Crippen LogP contribution in [0.2, 0.25) is 0 Å². The van der Waals surface area contributed by atoms with Gasteiger partial charge in [-0.2, -0.15) is 0 Å². The monoisotopic (exact) mass is 561 g/mol. The van der Waals surface area contributed by atoms with Crippen molar-refractivity contribution in [3.8, 4) is 0 Å². The molecular formula is C28H25Cl2FeN3S+. The van der Waals surface area contributed by atoms with E-state index in [9.17, 15) is 0 Å². The predicted molar refractivity (Wildman–Crippen MR) is 149 cm³/mol. The number of halogens is 2. The third-order valence-corrected chi connectivity index (χ3v) is 6.60. The molecule has 0 atom stereocenters. The van der Waals surface area contributed by atoms with Crippen LogP contribution in [-0.4, -0.2) is 43.5 Å². The molecule has 0 heterocycles. The molecule has 3 nitrogen and oxygen atoms in total.